The Morgan fingerprint density at radius 1 is 1.19 bits per heavy atom. The molecule has 4 aromatic rings. The highest BCUT2D eigenvalue weighted by molar-refractivity contribution is 7.99. The lowest BCUT2D eigenvalue weighted by molar-refractivity contribution is -0.119. The predicted molar refractivity (Wildman–Crippen MR) is 126 cm³/mol. The Morgan fingerprint density at radius 2 is 1.97 bits per heavy atom. The molecule has 1 aromatic carbocycles. The van der Waals surface area contributed by atoms with E-state index in [1.54, 1.807) is 16.9 Å². The van der Waals surface area contributed by atoms with Gasteiger partial charge in [-0.3, -0.25) is 14.2 Å². The minimum atomic E-state index is -0.178. The number of thiophene rings is 1. The van der Waals surface area contributed by atoms with Gasteiger partial charge in [0.15, 0.2) is 5.16 Å². The summed E-state index contributed by atoms with van der Waals surface area (Å²) in [7, 11) is 0. The highest BCUT2D eigenvalue weighted by Gasteiger charge is 2.20. The molecule has 1 atom stereocenters. The highest BCUT2D eigenvalue weighted by Crippen LogP contribution is 2.33. The number of furan rings is 1. The zero-order valence-corrected chi connectivity index (χ0v) is 19.1. The SMILES string of the molecule is CC(C)[C@@H](C)NC(=O)CSc1nc2scc(-c3ccco3)c2c(=O)n1-c1ccccc1. The first-order chi connectivity index (χ1) is 15.0. The third-order valence-corrected chi connectivity index (χ3v) is 6.91. The van der Waals surface area contributed by atoms with E-state index in [4.69, 9.17) is 9.40 Å². The van der Waals surface area contributed by atoms with Crippen LogP contribution in [0.1, 0.15) is 20.8 Å². The van der Waals surface area contributed by atoms with Gasteiger partial charge in [-0.25, -0.2) is 4.98 Å². The summed E-state index contributed by atoms with van der Waals surface area (Å²) in [5.41, 5.74) is 1.26. The first kappa shape index (κ1) is 21.4. The van der Waals surface area contributed by atoms with Crippen molar-refractivity contribution in [2.75, 3.05) is 5.75 Å². The second-order valence-corrected chi connectivity index (χ2v) is 9.37. The van der Waals surface area contributed by atoms with Gasteiger partial charge in [0, 0.05) is 17.0 Å². The fourth-order valence-corrected chi connectivity index (χ4v) is 4.87. The number of carbonyl (C=O) groups excluding carboxylic acids is 1. The van der Waals surface area contributed by atoms with Gasteiger partial charge in [0.1, 0.15) is 10.6 Å². The first-order valence-electron chi connectivity index (χ1n) is 10.0. The average molecular weight is 454 g/mol. The molecule has 4 rings (SSSR count). The van der Waals surface area contributed by atoms with Gasteiger partial charge in [0.25, 0.3) is 5.56 Å². The molecule has 0 saturated heterocycles. The maximum atomic E-state index is 13.6. The minimum absolute atomic E-state index is 0.0769. The highest BCUT2D eigenvalue weighted by atomic mass is 32.2. The smallest absolute Gasteiger partial charge is 0.268 e. The molecule has 1 N–H and O–H groups in total. The quantitative estimate of drug-likeness (QED) is 0.316. The molecule has 0 radical (unpaired) electrons. The molecule has 0 unspecified atom stereocenters. The van der Waals surface area contributed by atoms with Crippen LogP contribution in [0.25, 0.3) is 27.2 Å². The number of hydrogen-bond donors (Lipinski definition) is 1. The zero-order chi connectivity index (χ0) is 22.0. The van der Waals surface area contributed by atoms with Crippen molar-refractivity contribution in [3.8, 4) is 17.0 Å². The molecule has 6 nitrogen and oxygen atoms in total. The maximum absolute atomic E-state index is 13.6. The van der Waals surface area contributed by atoms with Crippen LogP contribution in [0.4, 0.5) is 0 Å². The lowest BCUT2D eigenvalue weighted by Gasteiger charge is -2.17. The number of fused-ring (bicyclic) bond motifs is 1. The largest absolute Gasteiger partial charge is 0.464 e. The molecule has 0 saturated carbocycles. The van der Waals surface area contributed by atoms with Crippen LogP contribution < -0.4 is 10.9 Å². The van der Waals surface area contributed by atoms with E-state index in [1.165, 1.54) is 23.1 Å². The molecule has 31 heavy (non-hydrogen) atoms. The van der Waals surface area contributed by atoms with E-state index in [0.29, 0.717) is 32.7 Å². The Morgan fingerprint density at radius 3 is 2.65 bits per heavy atom. The molecule has 0 aliphatic rings. The van der Waals surface area contributed by atoms with Crippen LogP contribution in [0.3, 0.4) is 0 Å². The molecule has 0 aliphatic carbocycles. The summed E-state index contributed by atoms with van der Waals surface area (Å²) < 4.78 is 7.10. The van der Waals surface area contributed by atoms with Gasteiger partial charge in [-0.2, -0.15) is 0 Å². The number of aromatic nitrogens is 2. The van der Waals surface area contributed by atoms with E-state index < -0.39 is 0 Å². The van der Waals surface area contributed by atoms with Gasteiger partial charge in [0.2, 0.25) is 5.91 Å². The molecular formula is C23H23N3O3S2. The van der Waals surface area contributed by atoms with Crippen molar-refractivity contribution >= 4 is 39.2 Å². The Kier molecular flexibility index (Phi) is 6.29. The van der Waals surface area contributed by atoms with Crippen LogP contribution in [-0.2, 0) is 4.79 Å². The number of nitrogens with zero attached hydrogens (tertiary/aromatic N) is 2. The van der Waals surface area contributed by atoms with Crippen molar-refractivity contribution in [2.24, 2.45) is 5.92 Å². The van der Waals surface area contributed by atoms with Crippen LogP contribution in [-0.4, -0.2) is 27.3 Å². The number of thioether (sulfide) groups is 1. The second kappa shape index (κ2) is 9.11. The summed E-state index contributed by atoms with van der Waals surface area (Å²) in [6, 6.07) is 13.1. The number of hydrogen-bond acceptors (Lipinski definition) is 6. The molecule has 0 aliphatic heterocycles. The van der Waals surface area contributed by atoms with Crippen molar-refractivity contribution in [1.29, 1.82) is 0 Å². The van der Waals surface area contributed by atoms with Crippen LogP contribution in [0.15, 0.2) is 68.5 Å². The van der Waals surface area contributed by atoms with Gasteiger partial charge in [0.05, 0.1) is 23.1 Å². The van der Waals surface area contributed by atoms with Gasteiger partial charge >= 0.3 is 0 Å². The van der Waals surface area contributed by atoms with E-state index >= 15 is 0 Å². The van der Waals surface area contributed by atoms with Crippen LogP contribution in [0.2, 0.25) is 0 Å². The van der Waals surface area contributed by atoms with Crippen molar-refractivity contribution in [3.63, 3.8) is 0 Å². The summed E-state index contributed by atoms with van der Waals surface area (Å²) in [5.74, 6) is 1.07. The maximum Gasteiger partial charge on any atom is 0.268 e. The van der Waals surface area contributed by atoms with Crippen molar-refractivity contribution < 1.29 is 9.21 Å². The molecule has 0 spiro atoms. The van der Waals surface area contributed by atoms with Crippen molar-refractivity contribution in [3.05, 3.63) is 64.5 Å². The minimum Gasteiger partial charge on any atom is -0.464 e. The van der Waals surface area contributed by atoms with Gasteiger partial charge < -0.3 is 9.73 Å². The van der Waals surface area contributed by atoms with Crippen LogP contribution in [0.5, 0.6) is 0 Å². The first-order valence-corrected chi connectivity index (χ1v) is 11.9. The summed E-state index contributed by atoms with van der Waals surface area (Å²) >= 11 is 2.66. The monoisotopic (exact) mass is 453 g/mol. The lowest BCUT2D eigenvalue weighted by atomic mass is 10.1. The van der Waals surface area contributed by atoms with Crippen molar-refractivity contribution in [1.82, 2.24) is 14.9 Å². The summed E-state index contributed by atoms with van der Waals surface area (Å²) in [5, 5.41) is 5.90. The van der Waals surface area contributed by atoms with Gasteiger partial charge in [-0.15, -0.1) is 11.3 Å². The number of amides is 1. The predicted octanol–water partition coefficient (Wildman–Crippen LogP) is 4.96. The number of benzene rings is 1. The van der Waals surface area contributed by atoms with E-state index in [-0.39, 0.29) is 23.3 Å². The van der Waals surface area contributed by atoms with E-state index in [1.807, 2.05) is 48.7 Å². The topological polar surface area (TPSA) is 77.1 Å². The Bertz CT molecular complexity index is 1240. The third kappa shape index (κ3) is 4.45. The zero-order valence-electron chi connectivity index (χ0n) is 17.5. The molecule has 160 valence electrons. The number of para-hydroxylation sites is 1. The molecule has 0 bridgehead atoms. The average Bonchev–Trinajstić information content (AvgIpc) is 3.42. The lowest BCUT2D eigenvalue weighted by Crippen LogP contribution is -2.37. The molecule has 1 amide bonds. The third-order valence-electron chi connectivity index (χ3n) is 5.10. The van der Waals surface area contributed by atoms with E-state index in [0.717, 1.165) is 5.56 Å². The number of nitrogens with one attached hydrogen (secondary N) is 1. The number of carbonyl (C=O) groups is 1. The van der Waals surface area contributed by atoms with E-state index in [9.17, 15) is 9.59 Å². The summed E-state index contributed by atoms with van der Waals surface area (Å²) in [4.78, 5) is 31.4. The summed E-state index contributed by atoms with van der Waals surface area (Å²) in [6.45, 7) is 6.11. The second-order valence-electron chi connectivity index (χ2n) is 7.57. The van der Waals surface area contributed by atoms with Crippen LogP contribution >= 0.6 is 23.1 Å². The summed E-state index contributed by atoms with van der Waals surface area (Å²) in [6.07, 6.45) is 1.59. The van der Waals surface area contributed by atoms with Crippen molar-refractivity contribution in [2.45, 2.75) is 32.0 Å². The Hall–Kier alpha value is -2.84. The van der Waals surface area contributed by atoms with E-state index in [2.05, 4.69) is 19.2 Å². The molecule has 3 heterocycles. The Balaban J connectivity index is 1.76. The molecular weight excluding hydrogens is 430 g/mol. The molecule has 3 aromatic heterocycles. The normalized spacial score (nSPS) is 12.4. The van der Waals surface area contributed by atoms with Crippen LogP contribution in [0, 0.1) is 5.92 Å². The molecule has 8 heteroatoms. The fourth-order valence-electron chi connectivity index (χ4n) is 3.08. The molecule has 0 fully saturated rings. The Labute approximate surface area is 188 Å². The fraction of sp³-hybridized carbons (Fsp3) is 0.261. The van der Waals surface area contributed by atoms with Gasteiger partial charge in [-0.05, 0) is 37.1 Å². The number of rotatable bonds is 7. The standard InChI is InChI=1S/C23H23N3O3S2/c1-14(2)15(3)24-19(27)13-31-23-25-21-20(17(12-30-21)18-10-7-11-29-18)22(28)26(23)16-8-5-4-6-9-16/h4-12,14-15H,13H2,1-3H3,(H,24,27)/t15-/m1/s1. The van der Waals surface area contributed by atoms with Gasteiger partial charge in [-0.1, -0.05) is 43.8 Å².